The van der Waals surface area contributed by atoms with Crippen molar-refractivity contribution < 1.29 is 4.52 Å². The molecule has 0 aliphatic carbocycles. The molecule has 28 heavy (non-hydrogen) atoms. The number of aromatic nitrogens is 1. The van der Waals surface area contributed by atoms with Gasteiger partial charge < -0.3 is 20.1 Å². The number of nitrogens with one attached hydrogen (secondary N) is 2. The highest BCUT2D eigenvalue weighted by Crippen LogP contribution is 2.22. The lowest BCUT2D eigenvalue weighted by Crippen LogP contribution is -2.49. The maximum absolute atomic E-state index is 5.50. The van der Waals surface area contributed by atoms with E-state index in [9.17, 15) is 0 Å². The van der Waals surface area contributed by atoms with E-state index < -0.39 is 0 Å². The van der Waals surface area contributed by atoms with Crippen molar-refractivity contribution in [1.82, 2.24) is 20.7 Å². The summed E-state index contributed by atoms with van der Waals surface area (Å²) in [5, 5.41) is 11.2. The smallest absolute Gasteiger partial charge is 0.191 e. The van der Waals surface area contributed by atoms with Crippen LogP contribution in [-0.2, 0) is 6.54 Å². The third-order valence-electron chi connectivity index (χ3n) is 5.27. The monoisotopic (exact) mass is 505 g/mol. The van der Waals surface area contributed by atoms with E-state index in [1.807, 2.05) is 0 Å². The summed E-state index contributed by atoms with van der Waals surface area (Å²) in [6, 6.07) is 2.55. The first kappa shape index (κ1) is 25.2. The predicted octanol–water partition coefficient (Wildman–Crippen LogP) is 4.37. The Balaban J connectivity index is 0.00000392. The molecule has 1 fully saturated rings. The maximum Gasteiger partial charge on any atom is 0.191 e. The van der Waals surface area contributed by atoms with Gasteiger partial charge in [0.1, 0.15) is 6.54 Å². The lowest BCUT2D eigenvalue weighted by atomic mass is 9.99. The van der Waals surface area contributed by atoms with E-state index in [4.69, 9.17) is 9.52 Å². The van der Waals surface area contributed by atoms with Crippen molar-refractivity contribution in [2.45, 2.75) is 78.8 Å². The summed E-state index contributed by atoms with van der Waals surface area (Å²) < 4.78 is 5.50. The first-order valence-corrected chi connectivity index (χ1v) is 10.8. The Kier molecular flexibility index (Phi) is 12.1. The van der Waals surface area contributed by atoms with Gasteiger partial charge in [0, 0.05) is 44.2 Å². The molecular weight excluding hydrogens is 465 g/mol. The Labute approximate surface area is 188 Å². The van der Waals surface area contributed by atoms with Crippen molar-refractivity contribution in [3.05, 3.63) is 17.5 Å². The van der Waals surface area contributed by atoms with Crippen LogP contribution in [0.5, 0.6) is 0 Å². The van der Waals surface area contributed by atoms with E-state index in [1.165, 1.54) is 6.54 Å². The van der Waals surface area contributed by atoms with Crippen LogP contribution < -0.4 is 10.6 Å². The first-order valence-electron chi connectivity index (χ1n) is 10.8. The number of nitrogens with zero attached hydrogens (tertiary/aromatic N) is 3. The van der Waals surface area contributed by atoms with Crippen LogP contribution in [0, 0.1) is 5.92 Å². The van der Waals surface area contributed by atoms with Crippen molar-refractivity contribution >= 4 is 29.9 Å². The van der Waals surface area contributed by atoms with Crippen LogP contribution in [0.15, 0.2) is 15.6 Å². The van der Waals surface area contributed by atoms with Gasteiger partial charge in [-0.05, 0) is 38.5 Å². The topological polar surface area (TPSA) is 65.7 Å². The standard InChI is InChI=1S/C21H39N5O.HI/c1-6-17(7-2)20-13-19(27-25-20)14-23-21(22-8-3)24-18-9-11-26(12-10-18)15-16(4)5;/h13,16-18H,6-12,14-15H2,1-5H3,(H2,22,23,24);1H. The highest BCUT2D eigenvalue weighted by molar-refractivity contribution is 14.0. The van der Waals surface area contributed by atoms with Gasteiger partial charge >= 0.3 is 0 Å². The minimum absolute atomic E-state index is 0. The molecule has 0 radical (unpaired) electrons. The van der Waals surface area contributed by atoms with Crippen LogP contribution in [0.4, 0.5) is 0 Å². The molecule has 1 aliphatic heterocycles. The quantitative estimate of drug-likeness (QED) is 0.297. The molecule has 0 saturated carbocycles. The van der Waals surface area contributed by atoms with Gasteiger partial charge in [0.15, 0.2) is 11.7 Å². The van der Waals surface area contributed by atoms with Crippen molar-refractivity contribution in [2.24, 2.45) is 10.9 Å². The fraction of sp³-hybridized carbons (Fsp3) is 0.810. The van der Waals surface area contributed by atoms with E-state index in [1.54, 1.807) is 0 Å². The largest absolute Gasteiger partial charge is 0.359 e. The zero-order valence-corrected chi connectivity index (χ0v) is 20.7. The third kappa shape index (κ3) is 8.27. The zero-order chi connectivity index (χ0) is 19.6. The molecular formula is C21H40IN5O. The van der Waals surface area contributed by atoms with Gasteiger partial charge in [-0.3, -0.25) is 0 Å². The van der Waals surface area contributed by atoms with E-state index >= 15 is 0 Å². The highest BCUT2D eigenvalue weighted by atomic mass is 127. The van der Waals surface area contributed by atoms with Crippen LogP contribution in [0.1, 0.15) is 77.7 Å². The molecule has 6 nitrogen and oxygen atoms in total. The van der Waals surface area contributed by atoms with Crippen molar-refractivity contribution in [3.8, 4) is 0 Å². The zero-order valence-electron chi connectivity index (χ0n) is 18.3. The van der Waals surface area contributed by atoms with Gasteiger partial charge in [-0.1, -0.05) is 32.9 Å². The number of piperidine rings is 1. The van der Waals surface area contributed by atoms with Gasteiger partial charge in [0.2, 0.25) is 0 Å². The first-order chi connectivity index (χ1) is 13.0. The maximum atomic E-state index is 5.50. The molecule has 0 spiro atoms. The number of rotatable bonds is 9. The fourth-order valence-electron chi connectivity index (χ4n) is 3.75. The van der Waals surface area contributed by atoms with Crippen LogP contribution in [-0.4, -0.2) is 48.2 Å². The van der Waals surface area contributed by atoms with Crippen molar-refractivity contribution in [1.29, 1.82) is 0 Å². The number of halogens is 1. The number of likely N-dealkylation sites (tertiary alicyclic amines) is 1. The fourth-order valence-corrected chi connectivity index (χ4v) is 3.75. The predicted molar refractivity (Wildman–Crippen MR) is 127 cm³/mol. The Morgan fingerprint density at radius 1 is 1.25 bits per heavy atom. The minimum Gasteiger partial charge on any atom is -0.359 e. The van der Waals surface area contributed by atoms with E-state index in [2.05, 4.69) is 61.4 Å². The summed E-state index contributed by atoms with van der Waals surface area (Å²) in [5.74, 6) is 2.93. The second-order valence-electron chi connectivity index (χ2n) is 8.04. The number of guanidine groups is 1. The molecule has 1 aromatic rings. The Bertz CT molecular complexity index is 563. The summed E-state index contributed by atoms with van der Waals surface area (Å²) in [4.78, 5) is 7.29. The van der Waals surface area contributed by atoms with Crippen LogP contribution >= 0.6 is 24.0 Å². The summed E-state index contributed by atoms with van der Waals surface area (Å²) in [7, 11) is 0. The molecule has 2 heterocycles. The van der Waals surface area contributed by atoms with Crippen LogP contribution in [0.25, 0.3) is 0 Å². The van der Waals surface area contributed by atoms with Gasteiger partial charge in [0.25, 0.3) is 0 Å². The Hall–Kier alpha value is -0.830. The van der Waals surface area contributed by atoms with E-state index in [0.29, 0.717) is 18.5 Å². The lowest BCUT2D eigenvalue weighted by Gasteiger charge is -2.33. The van der Waals surface area contributed by atoms with Crippen LogP contribution in [0.3, 0.4) is 0 Å². The second-order valence-corrected chi connectivity index (χ2v) is 8.04. The summed E-state index contributed by atoms with van der Waals surface area (Å²) >= 11 is 0. The molecule has 0 atom stereocenters. The van der Waals surface area contributed by atoms with Crippen molar-refractivity contribution in [3.63, 3.8) is 0 Å². The van der Waals surface area contributed by atoms with Gasteiger partial charge in [-0.15, -0.1) is 24.0 Å². The summed E-state index contributed by atoms with van der Waals surface area (Å²) in [6.07, 6.45) is 4.51. The van der Waals surface area contributed by atoms with Crippen LogP contribution in [0.2, 0.25) is 0 Å². The van der Waals surface area contributed by atoms with E-state index in [0.717, 1.165) is 68.6 Å². The van der Waals surface area contributed by atoms with Gasteiger partial charge in [-0.2, -0.15) is 0 Å². The molecule has 1 saturated heterocycles. The second kappa shape index (κ2) is 13.4. The molecule has 1 aromatic heterocycles. The molecule has 7 heteroatoms. The van der Waals surface area contributed by atoms with Gasteiger partial charge in [0.05, 0.1) is 5.69 Å². The Morgan fingerprint density at radius 2 is 1.93 bits per heavy atom. The summed E-state index contributed by atoms with van der Waals surface area (Å²) in [6.45, 7) is 16.0. The number of hydrogen-bond donors (Lipinski definition) is 2. The molecule has 2 rings (SSSR count). The average Bonchev–Trinajstić information content (AvgIpc) is 3.11. The van der Waals surface area contributed by atoms with Crippen molar-refractivity contribution in [2.75, 3.05) is 26.2 Å². The average molecular weight is 505 g/mol. The highest BCUT2D eigenvalue weighted by Gasteiger charge is 2.20. The summed E-state index contributed by atoms with van der Waals surface area (Å²) in [5.41, 5.74) is 1.06. The number of aliphatic imine (C=N–C) groups is 1. The normalized spacial score (nSPS) is 16.5. The molecule has 0 amide bonds. The SMILES string of the molecule is CCNC(=NCc1cc(C(CC)CC)no1)NC1CCN(CC(C)C)CC1.I. The molecule has 0 aromatic carbocycles. The molecule has 0 unspecified atom stereocenters. The Morgan fingerprint density at radius 3 is 2.50 bits per heavy atom. The molecule has 1 aliphatic rings. The minimum atomic E-state index is 0. The lowest BCUT2D eigenvalue weighted by molar-refractivity contribution is 0.187. The van der Waals surface area contributed by atoms with Gasteiger partial charge in [-0.25, -0.2) is 4.99 Å². The number of hydrogen-bond acceptors (Lipinski definition) is 4. The molecule has 162 valence electrons. The van der Waals surface area contributed by atoms with E-state index in [-0.39, 0.29) is 24.0 Å². The molecule has 2 N–H and O–H groups in total. The third-order valence-corrected chi connectivity index (χ3v) is 5.27. The molecule has 0 bridgehead atoms.